The lowest BCUT2D eigenvalue weighted by Gasteiger charge is -2.24. The summed E-state index contributed by atoms with van der Waals surface area (Å²) in [5.41, 5.74) is -0.767. The monoisotopic (exact) mass is 320 g/mol. The third kappa shape index (κ3) is 3.03. The van der Waals surface area contributed by atoms with Crippen LogP contribution in [-0.4, -0.2) is 16.2 Å². The molecule has 3 nitrogen and oxygen atoms in total. The van der Waals surface area contributed by atoms with E-state index in [1.807, 2.05) is 12.1 Å². The number of carboxylic acids is 1. The van der Waals surface area contributed by atoms with E-state index in [9.17, 15) is 15.0 Å². The Morgan fingerprint density at radius 2 is 1.63 bits per heavy atom. The Bertz CT molecular complexity index is 566. The predicted octanol–water partition coefficient (Wildman–Crippen LogP) is 2.96. The first-order chi connectivity index (χ1) is 9.02. The zero-order chi connectivity index (χ0) is 13.9. The number of hydrogen-bond acceptors (Lipinski definition) is 2. The fourth-order valence-electron chi connectivity index (χ4n) is 1.91. The number of carbonyl (C=O) groups is 1. The van der Waals surface area contributed by atoms with E-state index in [2.05, 4.69) is 15.9 Å². The van der Waals surface area contributed by atoms with Gasteiger partial charge < -0.3 is 10.2 Å². The topological polar surface area (TPSA) is 57.5 Å². The molecule has 98 valence electrons. The van der Waals surface area contributed by atoms with Crippen LogP contribution in [-0.2, 0) is 16.8 Å². The van der Waals surface area contributed by atoms with E-state index in [-0.39, 0.29) is 6.42 Å². The molecule has 2 N–H and O–H groups in total. The number of benzene rings is 2. The maximum Gasteiger partial charge on any atom is 0.340 e. The summed E-state index contributed by atoms with van der Waals surface area (Å²) in [4.78, 5) is 11.4. The second-order valence-corrected chi connectivity index (χ2v) is 5.25. The molecule has 0 saturated heterocycles. The van der Waals surface area contributed by atoms with E-state index in [0.717, 1.165) is 10.0 Å². The van der Waals surface area contributed by atoms with Gasteiger partial charge in [-0.3, -0.25) is 0 Å². The van der Waals surface area contributed by atoms with E-state index in [1.165, 1.54) is 0 Å². The fraction of sp³-hybridized carbons (Fsp3) is 0.133. The van der Waals surface area contributed by atoms with Crippen LogP contribution in [0.4, 0.5) is 0 Å². The Hall–Kier alpha value is -1.65. The SMILES string of the molecule is O=C(O)C(O)(Cc1ccc(Br)cc1)c1ccccc1. The Morgan fingerprint density at radius 1 is 1.05 bits per heavy atom. The van der Waals surface area contributed by atoms with Crippen LogP contribution in [0.15, 0.2) is 59.1 Å². The normalized spacial score (nSPS) is 13.8. The molecule has 0 saturated carbocycles. The largest absolute Gasteiger partial charge is 0.479 e. The highest BCUT2D eigenvalue weighted by Gasteiger charge is 2.37. The molecule has 0 aliphatic carbocycles. The summed E-state index contributed by atoms with van der Waals surface area (Å²) in [6, 6.07) is 15.7. The van der Waals surface area contributed by atoms with E-state index < -0.39 is 11.6 Å². The predicted molar refractivity (Wildman–Crippen MR) is 75.8 cm³/mol. The maximum atomic E-state index is 11.4. The molecule has 0 spiro atoms. The molecule has 0 aliphatic rings. The summed E-state index contributed by atoms with van der Waals surface area (Å²) in [7, 11) is 0. The second kappa shape index (κ2) is 5.55. The van der Waals surface area contributed by atoms with Crippen molar-refractivity contribution in [1.29, 1.82) is 0 Å². The van der Waals surface area contributed by atoms with E-state index in [1.54, 1.807) is 42.5 Å². The van der Waals surface area contributed by atoms with E-state index >= 15 is 0 Å². The van der Waals surface area contributed by atoms with Gasteiger partial charge in [-0.1, -0.05) is 58.4 Å². The highest BCUT2D eigenvalue weighted by Crippen LogP contribution is 2.26. The number of hydrogen-bond donors (Lipinski definition) is 2. The van der Waals surface area contributed by atoms with E-state index in [4.69, 9.17) is 0 Å². The van der Waals surface area contributed by atoms with Gasteiger partial charge in [-0.15, -0.1) is 0 Å². The zero-order valence-corrected chi connectivity index (χ0v) is 11.7. The molecule has 1 unspecified atom stereocenters. The van der Waals surface area contributed by atoms with Crippen LogP contribution in [0.25, 0.3) is 0 Å². The number of rotatable bonds is 4. The Labute approximate surface area is 119 Å². The number of aliphatic carboxylic acids is 1. The smallest absolute Gasteiger partial charge is 0.340 e. The molecule has 2 aromatic rings. The van der Waals surface area contributed by atoms with Crippen molar-refractivity contribution in [3.8, 4) is 0 Å². The van der Waals surface area contributed by atoms with Crippen LogP contribution in [0.1, 0.15) is 11.1 Å². The third-order valence-corrected chi connectivity index (χ3v) is 3.51. The molecule has 0 aliphatic heterocycles. The van der Waals surface area contributed by atoms with Gasteiger partial charge in [0.05, 0.1) is 0 Å². The van der Waals surface area contributed by atoms with Gasteiger partial charge in [-0.05, 0) is 23.3 Å². The van der Waals surface area contributed by atoms with Crippen LogP contribution in [0.3, 0.4) is 0 Å². The Kier molecular flexibility index (Phi) is 4.02. The Balaban J connectivity index is 2.36. The average molecular weight is 321 g/mol. The minimum atomic E-state index is -1.91. The first kappa shape index (κ1) is 13.8. The quantitative estimate of drug-likeness (QED) is 0.910. The van der Waals surface area contributed by atoms with Gasteiger partial charge in [-0.25, -0.2) is 4.79 Å². The molecule has 0 heterocycles. The van der Waals surface area contributed by atoms with Gasteiger partial charge in [0.1, 0.15) is 0 Å². The van der Waals surface area contributed by atoms with Crippen LogP contribution in [0, 0.1) is 0 Å². The molecule has 2 aromatic carbocycles. The van der Waals surface area contributed by atoms with Crippen molar-refractivity contribution in [2.45, 2.75) is 12.0 Å². The van der Waals surface area contributed by atoms with Crippen molar-refractivity contribution in [1.82, 2.24) is 0 Å². The van der Waals surface area contributed by atoms with Crippen molar-refractivity contribution in [2.24, 2.45) is 0 Å². The third-order valence-electron chi connectivity index (χ3n) is 2.98. The maximum absolute atomic E-state index is 11.4. The lowest BCUT2D eigenvalue weighted by molar-refractivity contribution is -0.159. The Morgan fingerprint density at radius 3 is 2.16 bits per heavy atom. The summed E-state index contributed by atoms with van der Waals surface area (Å²) >= 11 is 3.32. The second-order valence-electron chi connectivity index (χ2n) is 4.33. The van der Waals surface area contributed by atoms with Crippen molar-refractivity contribution in [3.63, 3.8) is 0 Å². The minimum absolute atomic E-state index is 0.0274. The van der Waals surface area contributed by atoms with Gasteiger partial charge in [0, 0.05) is 10.9 Å². The lowest BCUT2D eigenvalue weighted by atomic mass is 9.87. The van der Waals surface area contributed by atoms with Gasteiger partial charge in [0.2, 0.25) is 0 Å². The van der Waals surface area contributed by atoms with Crippen LogP contribution in [0.5, 0.6) is 0 Å². The molecule has 2 rings (SSSR count). The average Bonchev–Trinajstić information content (AvgIpc) is 2.42. The summed E-state index contributed by atoms with van der Waals surface area (Å²) in [5.74, 6) is -1.25. The summed E-state index contributed by atoms with van der Waals surface area (Å²) < 4.78 is 0.912. The van der Waals surface area contributed by atoms with Crippen molar-refractivity contribution in [2.75, 3.05) is 0 Å². The highest BCUT2D eigenvalue weighted by molar-refractivity contribution is 9.10. The van der Waals surface area contributed by atoms with Crippen molar-refractivity contribution in [3.05, 3.63) is 70.2 Å². The molecule has 0 radical (unpaired) electrons. The first-order valence-corrected chi connectivity index (χ1v) is 6.57. The number of carboxylic acid groups (broad SMARTS) is 1. The van der Waals surface area contributed by atoms with Gasteiger partial charge in [0.15, 0.2) is 5.60 Å². The van der Waals surface area contributed by atoms with Gasteiger partial charge in [0.25, 0.3) is 0 Å². The molecular formula is C15H13BrO3. The standard InChI is InChI=1S/C15H13BrO3/c16-13-8-6-11(7-9-13)10-15(19,14(17)18)12-4-2-1-3-5-12/h1-9,19H,10H2,(H,17,18). The molecule has 0 amide bonds. The lowest BCUT2D eigenvalue weighted by Crippen LogP contribution is -2.37. The van der Waals surface area contributed by atoms with Crippen molar-refractivity contribution < 1.29 is 15.0 Å². The minimum Gasteiger partial charge on any atom is -0.479 e. The number of aliphatic hydroxyl groups is 1. The van der Waals surface area contributed by atoms with Crippen LogP contribution < -0.4 is 0 Å². The fourth-order valence-corrected chi connectivity index (χ4v) is 2.18. The molecule has 19 heavy (non-hydrogen) atoms. The molecular weight excluding hydrogens is 308 g/mol. The molecule has 0 aromatic heterocycles. The first-order valence-electron chi connectivity index (χ1n) is 5.78. The summed E-state index contributed by atoms with van der Waals surface area (Å²) in [6.07, 6.45) is 0.0274. The molecule has 4 heteroatoms. The number of halogens is 1. The zero-order valence-electron chi connectivity index (χ0n) is 10.1. The van der Waals surface area contributed by atoms with E-state index in [0.29, 0.717) is 5.56 Å². The summed E-state index contributed by atoms with van der Waals surface area (Å²) in [6.45, 7) is 0. The highest BCUT2D eigenvalue weighted by atomic mass is 79.9. The van der Waals surface area contributed by atoms with Crippen LogP contribution >= 0.6 is 15.9 Å². The molecule has 1 atom stereocenters. The van der Waals surface area contributed by atoms with Gasteiger partial charge >= 0.3 is 5.97 Å². The summed E-state index contributed by atoms with van der Waals surface area (Å²) in [5, 5.41) is 19.8. The van der Waals surface area contributed by atoms with Crippen molar-refractivity contribution >= 4 is 21.9 Å². The molecule has 0 fully saturated rings. The van der Waals surface area contributed by atoms with Gasteiger partial charge in [-0.2, -0.15) is 0 Å². The molecule has 0 bridgehead atoms. The van der Waals surface area contributed by atoms with Crippen LogP contribution in [0.2, 0.25) is 0 Å².